The van der Waals surface area contributed by atoms with Crippen LogP contribution in [0.4, 0.5) is 0 Å². The van der Waals surface area contributed by atoms with Crippen molar-refractivity contribution in [2.45, 2.75) is 24.0 Å². The molecule has 3 nitrogen and oxygen atoms in total. The van der Waals surface area contributed by atoms with E-state index in [4.69, 9.17) is 9.84 Å². The molecule has 0 aromatic heterocycles. The van der Waals surface area contributed by atoms with E-state index in [0.29, 0.717) is 18.0 Å². The zero-order chi connectivity index (χ0) is 10.3. The first-order chi connectivity index (χ1) is 6.83. The number of thioether (sulfide) groups is 1. The van der Waals surface area contributed by atoms with Gasteiger partial charge in [0.05, 0.1) is 19.8 Å². The molecule has 1 saturated carbocycles. The highest BCUT2D eigenvalue weighted by Gasteiger charge is 2.35. The first-order valence-corrected chi connectivity index (χ1v) is 6.50. The molecule has 14 heavy (non-hydrogen) atoms. The Morgan fingerprint density at radius 3 is 2.71 bits per heavy atom. The fourth-order valence-corrected chi connectivity index (χ4v) is 2.59. The van der Waals surface area contributed by atoms with Gasteiger partial charge in [-0.15, -0.1) is 0 Å². The fraction of sp³-hybridized carbons (Fsp3) is 1.00. The Balaban J connectivity index is 1.92. The molecule has 4 heteroatoms. The van der Waals surface area contributed by atoms with Crippen LogP contribution in [0.1, 0.15) is 19.3 Å². The first-order valence-electron chi connectivity index (χ1n) is 5.27. The van der Waals surface area contributed by atoms with E-state index in [1.165, 1.54) is 19.3 Å². The second-order valence-corrected chi connectivity index (χ2v) is 5.03. The fourth-order valence-electron chi connectivity index (χ4n) is 1.65. The van der Waals surface area contributed by atoms with Crippen LogP contribution in [0.3, 0.4) is 0 Å². The van der Waals surface area contributed by atoms with Crippen molar-refractivity contribution >= 4 is 11.8 Å². The van der Waals surface area contributed by atoms with E-state index in [-0.39, 0.29) is 6.61 Å². The standard InChI is InChI=1S/C10H21NO2S/c1-14-10(3-2-4-10)9-11-5-7-13-8-6-12/h11-12H,2-9H2,1H3. The molecule has 0 heterocycles. The topological polar surface area (TPSA) is 41.5 Å². The number of nitrogens with one attached hydrogen (secondary N) is 1. The van der Waals surface area contributed by atoms with Gasteiger partial charge in [-0.3, -0.25) is 0 Å². The smallest absolute Gasteiger partial charge is 0.0698 e. The largest absolute Gasteiger partial charge is 0.394 e. The van der Waals surface area contributed by atoms with Gasteiger partial charge in [-0.1, -0.05) is 6.42 Å². The van der Waals surface area contributed by atoms with Crippen molar-refractivity contribution in [2.75, 3.05) is 39.2 Å². The summed E-state index contributed by atoms with van der Waals surface area (Å²) in [6.45, 7) is 3.26. The molecule has 0 unspecified atom stereocenters. The Labute approximate surface area is 90.6 Å². The lowest BCUT2D eigenvalue weighted by Gasteiger charge is -2.40. The minimum Gasteiger partial charge on any atom is -0.394 e. The molecule has 0 amide bonds. The molecule has 0 aliphatic heterocycles. The van der Waals surface area contributed by atoms with Gasteiger partial charge in [0, 0.05) is 17.8 Å². The highest BCUT2D eigenvalue weighted by molar-refractivity contribution is 8.00. The van der Waals surface area contributed by atoms with Crippen LogP contribution in [-0.2, 0) is 4.74 Å². The Hall–Kier alpha value is 0.230. The first kappa shape index (κ1) is 12.3. The van der Waals surface area contributed by atoms with Crippen molar-refractivity contribution in [1.29, 1.82) is 0 Å². The molecule has 1 fully saturated rings. The molecule has 0 bridgehead atoms. The Morgan fingerprint density at radius 2 is 2.21 bits per heavy atom. The second kappa shape index (κ2) is 6.67. The van der Waals surface area contributed by atoms with E-state index in [9.17, 15) is 0 Å². The summed E-state index contributed by atoms with van der Waals surface area (Å²) in [5, 5.41) is 11.9. The van der Waals surface area contributed by atoms with Crippen LogP contribution in [0, 0.1) is 0 Å². The summed E-state index contributed by atoms with van der Waals surface area (Å²) in [4.78, 5) is 0. The van der Waals surface area contributed by atoms with Gasteiger partial charge in [-0.25, -0.2) is 0 Å². The summed E-state index contributed by atoms with van der Waals surface area (Å²) in [6, 6.07) is 0. The molecule has 1 rings (SSSR count). The predicted molar refractivity (Wildman–Crippen MR) is 60.9 cm³/mol. The minimum absolute atomic E-state index is 0.120. The van der Waals surface area contributed by atoms with Crippen LogP contribution in [-0.4, -0.2) is 49.0 Å². The van der Waals surface area contributed by atoms with Crippen molar-refractivity contribution in [2.24, 2.45) is 0 Å². The normalized spacial score (nSPS) is 19.3. The average molecular weight is 219 g/mol. The van der Waals surface area contributed by atoms with E-state index in [1.807, 2.05) is 11.8 Å². The van der Waals surface area contributed by atoms with Crippen LogP contribution in [0.15, 0.2) is 0 Å². The van der Waals surface area contributed by atoms with Crippen LogP contribution in [0.5, 0.6) is 0 Å². The summed E-state index contributed by atoms with van der Waals surface area (Å²) in [7, 11) is 0. The van der Waals surface area contributed by atoms with Crippen LogP contribution >= 0.6 is 11.8 Å². The summed E-state index contributed by atoms with van der Waals surface area (Å²) in [6.07, 6.45) is 6.27. The SMILES string of the molecule is CSC1(CNCCOCCO)CCC1. The number of aliphatic hydroxyl groups excluding tert-OH is 1. The maximum absolute atomic E-state index is 8.49. The third kappa shape index (κ3) is 3.77. The van der Waals surface area contributed by atoms with Gasteiger partial charge in [0.25, 0.3) is 0 Å². The third-order valence-electron chi connectivity index (χ3n) is 2.80. The Bertz CT molecular complexity index is 146. The van der Waals surface area contributed by atoms with Crippen LogP contribution in [0.25, 0.3) is 0 Å². The van der Waals surface area contributed by atoms with Crippen LogP contribution in [0.2, 0.25) is 0 Å². The lowest BCUT2D eigenvalue weighted by molar-refractivity contribution is 0.0932. The summed E-state index contributed by atoms with van der Waals surface area (Å²) in [5.41, 5.74) is 0. The molecular weight excluding hydrogens is 198 g/mol. The maximum Gasteiger partial charge on any atom is 0.0698 e. The number of rotatable bonds is 8. The summed E-state index contributed by atoms with van der Waals surface area (Å²) >= 11 is 1.98. The van der Waals surface area contributed by atoms with Crippen molar-refractivity contribution in [3.05, 3.63) is 0 Å². The van der Waals surface area contributed by atoms with E-state index in [0.717, 1.165) is 13.1 Å². The molecule has 2 N–H and O–H groups in total. The molecule has 84 valence electrons. The molecule has 0 spiro atoms. The third-order valence-corrected chi connectivity index (χ3v) is 4.22. The van der Waals surface area contributed by atoms with Crippen molar-refractivity contribution in [3.63, 3.8) is 0 Å². The van der Waals surface area contributed by atoms with Crippen molar-refractivity contribution in [3.8, 4) is 0 Å². The lowest BCUT2D eigenvalue weighted by atomic mass is 9.84. The second-order valence-electron chi connectivity index (χ2n) is 3.75. The lowest BCUT2D eigenvalue weighted by Crippen LogP contribution is -2.44. The minimum atomic E-state index is 0.120. The maximum atomic E-state index is 8.49. The van der Waals surface area contributed by atoms with Gasteiger partial charge < -0.3 is 15.2 Å². The molecule has 1 aliphatic rings. The van der Waals surface area contributed by atoms with E-state index < -0.39 is 0 Å². The van der Waals surface area contributed by atoms with Gasteiger partial charge in [0.2, 0.25) is 0 Å². The average Bonchev–Trinajstić information content (AvgIpc) is 2.15. The molecule has 0 radical (unpaired) electrons. The molecule has 1 aliphatic carbocycles. The highest BCUT2D eigenvalue weighted by atomic mass is 32.2. The van der Waals surface area contributed by atoms with Gasteiger partial charge in [0.1, 0.15) is 0 Å². The molecule has 0 saturated heterocycles. The zero-order valence-corrected chi connectivity index (χ0v) is 9.74. The summed E-state index contributed by atoms with van der Waals surface area (Å²) in [5.74, 6) is 0. The number of ether oxygens (including phenoxy) is 1. The highest BCUT2D eigenvalue weighted by Crippen LogP contribution is 2.41. The van der Waals surface area contributed by atoms with Gasteiger partial charge in [-0.2, -0.15) is 11.8 Å². The molecule has 0 aromatic rings. The monoisotopic (exact) mass is 219 g/mol. The van der Waals surface area contributed by atoms with E-state index in [2.05, 4.69) is 11.6 Å². The van der Waals surface area contributed by atoms with Gasteiger partial charge >= 0.3 is 0 Å². The number of hydrogen-bond donors (Lipinski definition) is 2. The predicted octanol–water partition coefficient (Wildman–Crippen LogP) is 0.871. The summed E-state index contributed by atoms with van der Waals surface area (Å²) < 4.78 is 5.67. The van der Waals surface area contributed by atoms with Crippen molar-refractivity contribution in [1.82, 2.24) is 5.32 Å². The Morgan fingerprint density at radius 1 is 1.43 bits per heavy atom. The Kier molecular flexibility index (Phi) is 5.86. The van der Waals surface area contributed by atoms with Gasteiger partial charge in [-0.05, 0) is 19.1 Å². The molecule has 0 aromatic carbocycles. The number of hydrogen-bond acceptors (Lipinski definition) is 4. The molecule has 0 atom stereocenters. The van der Waals surface area contributed by atoms with Gasteiger partial charge in [0.15, 0.2) is 0 Å². The quantitative estimate of drug-likeness (QED) is 0.594. The zero-order valence-electron chi connectivity index (χ0n) is 8.92. The number of aliphatic hydroxyl groups is 1. The van der Waals surface area contributed by atoms with Crippen molar-refractivity contribution < 1.29 is 9.84 Å². The van der Waals surface area contributed by atoms with E-state index in [1.54, 1.807) is 0 Å². The van der Waals surface area contributed by atoms with Crippen LogP contribution < -0.4 is 5.32 Å². The van der Waals surface area contributed by atoms with E-state index >= 15 is 0 Å². The molecular formula is C10H21NO2S.